The lowest BCUT2D eigenvalue weighted by Gasteiger charge is -2.17. The summed E-state index contributed by atoms with van der Waals surface area (Å²) in [5, 5.41) is 9.22. The molecule has 0 spiro atoms. The lowest BCUT2D eigenvalue weighted by Crippen LogP contribution is -2.19. The van der Waals surface area contributed by atoms with Crippen molar-refractivity contribution in [3.05, 3.63) is 72.1 Å². The Labute approximate surface area is 226 Å². The minimum absolute atomic E-state index is 0.232. The smallest absolute Gasteiger partial charge is 0.218 e. The van der Waals surface area contributed by atoms with Gasteiger partial charge >= 0.3 is 0 Å². The predicted molar refractivity (Wildman–Crippen MR) is 150 cm³/mol. The maximum absolute atomic E-state index is 6.86. The summed E-state index contributed by atoms with van der Waals surface area (Å²) in [7, 11) is 5.34. The Balaban J connectivity index is 1.63. The Morgan fingerprint density at radius 1 is 1.03 bits per heavy atom. The highest BCUT2D eigenvalue weighted by molar-refractivity contribution is 6.35. The molecule has 0 amide bonds. The Morgan fingerprint density at radius 3 is 2.58 bits per heavy atom. The second kappa shape index (κ2) is 10.1. The molecule has 0 aliphatic heterocycles. The Bertz CT molecular complexity index is 1600. The third-order valence-electron chi connectivity index (χ3n) is 7.25. The van der Waals surface area contributed by atoms with Gasteiger partial charge < -0.3 is 19.4 Å². The molecular formula is C29H29ClN6O2. The number of imidazole rings is 1. The van der Waals surface area contributed by atoms with Crippen molar-refractivity contribution in [3.8, 4) is 39.7 Å². The molecule has 0 radical (unpaired) electrons. The molecule has 2 aromatic carbocycles. The van der Waals surface area contributed by atoms with Gasteiger partial charge in [-0.2, -0.15) is 0 Å². The van der Waals surface area contributed by atoms with Gasteiger partial charge in [0.2, 0.25) is 5.82 Å². The standard InChI is InChI=1S/C29H29ClN6O2/c1-35-15-14-31-29(35)28-33-27(32-19-12-13-20(16-19)37-2)26-24(18-8-5-4-6-9-18)22(17-36(26)34-28)21-10-7-11-23(38-3)25(21)30/h4-11,14-15,17,19-20H,12-13,16H2,1-3H3,(H,32,33,34)/t19-,20-/m1/s1. The molecule has 9 heteroatoms. The SMILES string of the molecule is COc1cccc(-c2cn3nc(-c4nccn4C)nc(N[C@@H]4CC[C@@H](OC)C4)c3c2-c2ccccc2)c1Cl. The van der Waals surface area contributed by atoms with Crippen LogP contribution >= 0.6 is 11.6 Å². The summed E-state index contributed by atoms with van der Waals surface area (Å²) < 4.78 is 15.0. The van der Waals surface area contributed by atoms with E-state index in [-0.39, 0.29) is 12.1 Å². The van der Waals surface area contributed by atoms with Crippen LogP contribution < -0.4 is 10.1 Å². The van der Waals surface area contributed by atoms with Crippen molar-refractivity contribution in [2.75, 3.05) is 19.5 Å². The number of ether oxygens (including phenoxy) is 2. The van der Waals surface area contributed by atoms with Gasteiger partial charge in [-0.15, -0.1) is 5.10 Å². The van der Waals surface area contributed by atoms with Crippen LogP contribution in [0.4, 0.5) is 5.82 Å². The summed E-state index contributed by atoms with van der Waals surface area (Å²) in [6, 6.07) is 16.3. The minimum Gasteiger partial charge on any atom is -0.495 e. The van der Waals surface area contributed by atoms with Gasteiger partial charge in [0.05, 0.1) is 18.2 Å². The van der Waals surface area contributed by atoms with Crippen LogP contribution in [0.25, 0.3) is 39.4 Å². The summed E-state index contributed by atoms with van der Waals surface area (Å²) in [4.78, 5) is 9.56. The number of methoxy groups -OCH3 is 2. The highest BCUT2D eigenvalue weighted by Crippen LogP contribution is 2.44. The van der Waals surface area contributed by atoms with Gasteiger partial charge in [0.25, 0.3) is 0 Å². The lowest BCUT2D eigenvalue weighted by molar-refractivity contribution is 0.108. The predicted octanol–water partition coefficient (Wildman–Crippen LogP) is 6.11. The van der Waals surface area contributed by atoms with Gasteiger partial charge in [0, 0.05) is 55.5 Å². The molecular weight excluding hydrogens is 500 g/mol. The van der Waals surface area contributed by atoms with E-state index in [0.717, 1.165) is 52.9 Å². The lowest BCUT2D eigenvalue weighted by atomic mass is 9.97. The zero-order valence-electron chi connectivity index (χ0n) is 21.6. The molecule has 8 nitrogen and oxygen atoms in total. The van der Waals surface area contributed by atoms with Crippen LogP contribution in [0, 0.1) is 0 Å². The maximum Gasteiger partial charge on any atom is 0.218 e. The Morgan fingerprint density at radius 2 is 1.87 bits per heavy atom. The Kier molecular flexibility index (Phi) is 6.51. The first kappa shape index (κ1) is 24.5. The average molecular weight is 529 g/mol. The third kappa shape index (κ3) is 4.29. The van der Waals surface area contributed by atoms with Gasteiger partial charge in [-0.1, -0.05) is 54.1 Å². The number of hydrogen-bond acceptors (Lipinski definition) is 6. The monoisotopic (exact) mass is 528 g/mol. The van der Waals surface area contributed by atoms with E-state index < -0.39 is 0 Å². The number of nitrogens with one attached hydrogen (secondary N) is 1. The van der Waals surface area contributed by atoms with Crippen LogP contribution in [0.1, 0.15) is 19.3 Å². The van der Waals surface area contributed by atoms with Crippen LogP contribution in [0.5, 0.6) is 5.75 Å². The molecule has 2 atom stereocenters. The van der Waals surface area contributed by atoms with Crippen molar-refractivity contribution in [1.29, 1.82) is 0 Å². The molecule has 38 heavy (non-hydrogen) atoms. The van der Waals surface area contributed by atoms with Gasteiger partial charge in [-0.25, -0.2) is 14.5 Å². The molecule has 5 aromatic rings. The van der Waals surface area contributed by atoms with E-state index in [1.807, 2.05) is 64.9 Å². The van der Waals surface area contributed by atoms with Crippen molar-refractivity contribution < 1.29 is 9.47 Å². The van der Waals surface area contributed by atoms with E-state index in [0.29, 0.717) is 22.4 Å². The van der Waals surface area contributed by atoms with Gasteiger partial charge in [0.15, 0.2) is 11.6 Å². The second-order valence-corrected chi connectivity index (χ2v) is 9.93. The highest BCUT2D eigenvalue weighted by Gasteiger charge is 2.28. The molecule has 6 rings (SSSR count). The van der Waals surface area contributed by atoms with E-state index in [1.165, 1.54) is 0 Å². The zero-order valence-corrected chi connectivity index (χ0v) is 22.3. The molecule has 3 aromatic heterocycles. The van der Waals surface area contributed by atoms with Crippen molar-refractivity contribution in [2.45, 2.75) is 31.4 Å². The van der Waals surface area contributed by atoms with Crippen LogP contribution in [0.3, 0.4) is 0 Å². The Hall–Kier alpha value is -3.88. The van der Waals surface area contributed by atoms with Crippen LogP contribution in [-0.2, 0) is 11.8 Å². The zero-order chi connectivity index (χ0) is 26.2. The maximum atomic E-state index is 6.86. The van der Waals surface area contributed by atoms with Gasteiger partial charge in [-0.05, 0) is 30.9 Å². The third-order valence-corrected chi connectivity index (χ3v) is 7.64. The van der Waals surface area contributed by atoms with Gasteiger partial charge in [-0.3, -0.25) is 0 Å². The first-order valence-electron chi connectivity index (χ1n) is 12.7. The van der Waals surface area contributed by atoms with Crippen molar-refractivity contribution in [1.82, 2.24) is 24.1 Å². The number of halogens is 1. The molecule has 0 saturated heterocycles. The summed E-state index contributed by atoms with van der Waals surface area (Å²) in [5.74, 6) is 2.59. The molecule has 1 fully saturated rings. The van der Waals surface area contributed by atoms with Crippen LogP contribution in [0.2, 0.25) is 5.02 Å². The fourth-order valence-corrected chi connectivity index (χ4v) is 5.62. The number of hydrogen-bond donors (Lipinski definition) is 1. The molecule has 1 saturated carbocycles. The molecule has 0 unspecified atom stereocenters. The molecule has 1 aliphatic rings. The molecule has 194 valence electrons. The van der Waals surface area contributed by atoms with Crippen LogP contribution in [0.15, 0.2) is 67.1 Å². The number of benzene rings is 2. The average Bonchev–Trinajstić information content (AvgIpc) is 3.67. The summed E-state index contributed by atoms with van der Waals surface area (Å²) in [6.45, 7) is 0. The number of anilines is 1. The summed E-state index contributed by atoms with van der Waals surface area (Å²) >= 11 is 6.86. The molecule has 1 aliphatic carbocycles. The quantitative estimate of drug-likeness (QED) is 0.275. The number of aryl methyl sites for hydroxylation is 1. The highest BCUT2D eigenvalue weighted by atomic mass is 35.5. The number of rotatable bonds is 7. The fraction of sp³-hybridized carbons (Fsp3) is 0.276. The normalized spacial score (nSPS) is 17.3. The van der Waals surface area contributed by atoms with E-state index in [4.69, 9.17) is 31.2 Å². The fourth-order valence-electron chi connectivity index (χ4n) is 5.32. The number of aromatic nitrogens is 5. The van der Waals surface area contributed by atoms with Crippen molar-refractivity contribution in [3.63, 3.8) is 0 Å². The van der Waals surface area contributed by atoms with E-state index in [1.54, 1.807) is 20.4 Å². The van der Waals surface area contributed by atoms with E-state index in [2.05, 4.69) is 22.4 Å². The molecule has 1 N–H and O–H groups in total. The number of fused-ring (bicyclic) bond motifs is 1. The van der Waals surface area contributed by atoms with E-state index in [9.17, 15) is 0 Å². The minimum atomic E-state index is 0.232. The van der Waals surface area contributed by atoms with Crippen molar-refractivity contribution >= 4 is 22.9 Å². The molecule has 3 heterocycles. The first-order chi connectivity index (χ1) is 18.6. The van der Waals surface area contributed by atoms with Crippen LogP contribution in [-0.4, -0.2) is 50.5 Å². The summed E-state index contributed by atoms with van der Waals surface area (Å²) in [5.41, 5.74) is 4.72. The van der Waals surface area contributed by atoms with Crippen molar-refractivity contribution in [2.24, 2.45) is 7.05 Å². The largest absolute Gasteiger partial charge is 0.495 e. The second-order valence-electron chi connectivity index (χ2n) is 9.56. The topological polar surface area (TPSA) is 78.5 Å². The molecule has 0 bridgehead atoms. The number of nitrogens with zero attached hydrogens (tertiary/aromatic N) is 5. The van der Waals surface area contributed by atoms with Gasteiger partial charge in [0.1, 0.15) is 11.3 Å². The van der Waals surface area contributed by atoms with E-state index >= 15 is 0 Å². The summed E-state index contributed by atoms with van der Waals surface area (Å²) in [6.07, 6.45) is 8.84. The first-order valence-corrected chi connectivity index (χ1v) is 13.0.